The number of aromatic nitrogens is 8. The molecular formula is C24H21ClFN9O2S. The van der Waals surface area contributed by atoms with Gasteiger partial charge in [-0.25, -0.2) is 24.3 Å². The van der Waals surface area contributed by atoms with E-state index < -0.39 is 5.82 Å². The van der Waals surface area contributed by atoms with Crippen LogP contribution in [0.25, 0.3) is 34.1 Å². The zero-order valence-corrected chi connectivity index (χ0v) is 21.6. The van der Waals surface area contributed by atoms with Gasteiger partial charge in [0.05, 0.1) is 24.0 Å². The number of pyridine rings is 2. The van der Waals surface area contributed by atoms with Gasteiger partial charge in [-0.2, -0.15) is 5.10 Å². The molecule has 0 spiro atoms. The number of imidazole rings is 1. The monoisotopic (exact) mass is 553 g/mol. The first-order chi connectivity index (χ1) is 18.5. The van der Waals surface area contributed by atoms with Gasteiger partial charge in [-0.1, -0.05) is 22.9 Å². The van der Waals surface area contributed by atoms with Crippen LogP contribution in [-0.4, -0.2) is 64.8 Å². The number of nitrogens with one attached hydrogen (secondary N) is 2. The average molecular weight is 554 g/mol. The molecule has 0 bridgehead atoms. The first-order valence-electron chi connectivity index (χ1n) is 11.8. The molecule has 2 N–H and O–H groups in total. The fraction of sp³-hybridized carbons (Fsp3) is 0.292. The molecule has 1 fully saturated rings. The minimum atomic E-state index is -0.490. The number of carbonyl (C=O) groups excluding carboxylic acids is 1. The molecule has 0 saturated heterocycles. The number of methoxy groups -OCH3 is 1. The van der Waals surface area contributed by atoms with Crippen LogP contribution >= 0.6 is 22.9 Å². The second kappa shape index (κ2) is 10.2. The van der Waals surface area contributed by atoms with Crippen LogP contribution in [0.4, 0.5) is 4.39 Å². The summed E-state index contributed by atoms with van der Waals surface area (Å²) < 4.78 is 23.1. The maximum Gasteiger partial charge on any atom is 0.280 e. The van der Waals surface area contributed by atoms with Crippen molar-refractivity contribution < 1.29 is 13.9 Å². The van der Waals surface area contributed by atoms with E-state index in [1.165, 1.54) is 30.9 Å². The summed E-state index contributed by atoms with van der Waals surface area (Å²) in [5.74, 6) is 0.00207. The predicted octanol–water partition coefficient (Wildman–Crippen LogP) is 4.07. The van der Waals surface area contributed by atoms with Crippen LogP contribution in [0.1, 0.15) is 35.1 Å². The third-order valence-corrected chi connectivity index (χ3v) is 7.65. The number of ether oxygens (including phenoxy) is 1. The minimum Gasteiger partial charge on any atom is -0.381 e. The number of amides is 1. The van der Waals surface area contributed by atoms with Gasteiger partial charge in [-0.05, 0) is 37.5 Å². The van der Waals surface area contributed by atoms with E-state index in [9.17, 15) is 9.18 Å². The molecule has 0 unspecified atom stereocenters. The third-order valence-electron chi connectivity index (χ3n) is 6.53. The van der Waals surface area contributed by atoms with E-state index in [-0.39, 0.29) is 34.8 Å². The van der Waals surface area contributed by atoms with E-state index in [2.05, 4.69) is 35.5 Å². The highest BCUT2D eigenvalue weighted by Gasteiger charge is 2.34. The molecule has 1 aliphatic rings. The Hall–Kier alpha value is -3.81. The van der Waals surface area contributed by atoms with Gasteiger partial charge in [-0.15, -0.1) is 0 Å². The standard InChI is InChI=1S/C24H21ClFN9O2S/c1-37-14-6-12(32-23(36)24-29-10-19(25)38-24)5-13(7-14)35-18-8-16(21-30-11-31-34-21)28-9-17(18)33-22(35)20-15(26)3-2-4-27-20/h2-4,8-14H,5-7H2,1H3,(H,32,36)(H,30,31,34)/t12-,13+,14+/m1/s1. The highest BCUT2D eigenvalue weighted by Crippen LogP contribution is 2.38. The number of halogens is 2. The van der Waals surface area contributed by atoms with Gasteiger partial charge < -0.3 is 14.6 Å². The maximum absolute atomic E-state index is 15.0. The molecule has 5 aromatic heterocycles. The number of nitrogens with zero attached hydrogens (tertiary/aromatic N) is 7. The minimum absolute atomic E-state index is 0.126. The SMILES string of the molecule is CO[C@H]1C[C@H](NC(=O)c2ncc(Cl)s2)C[C@H](n2c(-c3ncccc3F)nc3cnc(-c4nc[nH]n4)cc32)C1. The smallest absolute Gasteiger partial charge is 0.280 e. The number of rotatable bonds is 6. The van der Waals surface area contributed by atoms with Crippen LogP contribution in [0.5, 0.6) is 0 Å². The highest BCUT2D eigenvalue weighted by atomic mass is 35.5. The van der Waals surface area contributed by atoms with E-state index in [0.717, 1.165) is 16.9 Å². The van der Waals surface area contributed by atoms with Crippen molar-refractivity contribution in [1.82, 2.24) is 45.0 Å². The van der Waals surface area contributed by atoms with Crippen molar-refractivity contribution >= 4 is 39.9 Å². The molecule has 5 heterocycles. The third kappa shape index (κ3) is 4.64. The van der Waals surface area contributed by atoms with Crippen LogP contribution < -0.4 is 5.32 Å². The molecule has 0 radical (unpaired) electrons. The predicted molar refractivity (Wildman–Crippen MR) is 138 cm³/mol. The van der Waals surface area contributed by atoms with E-state index in [1.54, 1.807) is 13.3 Å². The lowest BCUT2D eigenvalue weighted by Gasteiger charge is -2.36. The molecule has 194 valence electrons. The molecule has 1 amide bonds. The van der Waals surface area contributed by atoms with Gasteiger partial charge in [0.2, 0.25) is 0 Å². The summed E-state index contributed by atoms with van der Waals surface area (Å²) in [5.41, 5.74) is 1.96. The molecule has 14 heteroatoms. The van der Waals surface area contributed by atoms with Crippen LogP contribution in [0.3, 0.4) is 0 Å². The van der Waals surface area contributed by atoms with Crippen LogP contribution in [0, 0.1) is 5.82 Å². The molecule has 6 rings (SSSR count). The van der Waals surface area contributed by atoms with E-state index in [4.69, 9.17) is 21.3 Å². The molecule has 0 aromatic carbocycles. The van der Waals surface area contributed by atoms with Crippen molar-refractivity contribution in [3.05, 3.63) is 58.3 Å². The summed E-state index contributed by atoms with van der Waals surface area (Å²) in [4.78, 5) is 34.6. The Bertz CT molecular complexity index is 1610. The van der Waals surface area contributed by atoms with Gasteiger partial charge in [0.15, 0.2) is 22.5 Å². The quantitative estimate of drug-likeness (QED) is 0.321. The number of fused-ring (bicyclic) bond motifs is 1. The Labute approximate surface area is 224 Å². The van der Waals surface area contributed by atoms with Crippen molar-refractivity contribution in [3.8, 4) is 23.0 Å². The number of aromatic amines is 1. The first-order valence-corrected chi connectivity index (χ1v) is 13.0. The molecule has 0 aliphatic heterocycles. The number of H-pyrrole nitrogens is 1. The van der Waals surface area contributed by atoms with Crippen LogP contribution in [0.15, 0.2) is 43.1 Å². The van der Waals surface area contributed by atoms with Crippen molar-refractivity contribution in [1.29, 1.82) is 0 Å². The lowest BCUT2D eigenvalue weighted by Crippen LogP contribution is -2.43. The Morgan fingerprint density at radius 2 is 2.13 bits per heavy atom. The molecule has 1 aliphatic carbocycles. The highest BCUT2D eigenvalue weighted by molar-refractivity contribution is 7.17. The van der Waals surface area contributed by atoms with Crippen molar-refractivity contribution in [3.63, 3.8) is 0 Å². The molecule has 38 heavy (non-hydrogen) atoms. The number of thiazole rings is 1. The lowest BCUT2D eigenvalue weighted by atomic mass is 9.88. The van der Waals surface area contributed by atoms with E-state index >= 15 is 0 Å². The van der Waals surface area contributed by atoms with Gasteiger partial charge >= 0.3 is 0 Å². The second-order valence-corrected chi connectivity index (χ2v) is 10.5. The average Bonchev–Trinajstić information content (AvgIpc) is 3.68. The topological polar surface area (TPSA) is 136 Å². The van der Waals surface area contributed by atoms with Gasteiger partial charge in [0, 0.05) is 25.4 Å². The maximum atomic E-state index is 15.0. The zero-order chi connectivity index (χ0) is 26.2. The van der Waals surface area contributed by atoms with Crippen molar-refractivity contribution in [2.24, 2.45) is 0 Å². The van der Waals surface area contributed by atoms with E-state index in [1.807, 2.05) is 10.6 Å². The summed E-state index contributed by atoms with van der Waals surface area (Å²) in [5, 5.41) is 10.2. The molecule has 1 saturated carbocycles. The normalized spacial score (nSPS) is 19.6. The zero-order valence-electron chi connectivity index (χ0n) is 20.0. The summed E-state index contributed by atoms with van der Waals surface area (Å²) in [6.07, 6.45) is 7.69. The van der Waals surface area contributed by atoms with Gasteiger partial charge in [0.1, 0.15) is 27.6 Å². The van der Waals surface area contributed by atoms with Crippen LogP contribution in [0.2, 0.25) is 4.34 Å². The number of hydrogen-bond acceptors (Lipinski definition) is 9. The second-order valence-electron chi connectivity index (χ2n) is 8.88. The Morgan fingerprint density at radius 1 is 1.24 bits per heavy atom. The summed E-state index contributed by atoms with van der Waals surface area (Å²) >= 11 is 7.09. The Morgan fingerprint density at radius 3 is 2.87 bits per heavy atom. The summed E-state index contributed by atoms with van der Waals surface area (Å²) in [7, 11) is 1.64. The largest absolute Gasteiger partial charge is 0.381 e. The molecule has 3 atom stereocenters. The Kier molecular flexibility index (Phi) is 6.55. The van der Waals surface area contributed by atoms with Crippen molar-refractivity contribution in [2.75, 3.05) is 7.11 Å². The fourth-order valence-corrected chi connectivity index (χ4v) is 5.72. The van der Waals surface area contributed by atoms with Crippen LogP contribution in [-0.2, 0) is 4.74 Å². The van der Waals surface area contributed by atoms with Gasteiger partial charge in [0.25, 0.3) is 5.91 Å². The molecular weight excluding hydrogens is 533 g/mol. The lowest BCUT2D eigenvalue weighted by molar-refractivity contribution is 0.0397. The molecule has 11 nitrogen and oxygen atoms in total. The fourth-order valence-electron chi connectivity index (χ4n) is 4.91. The number of carbonyl (C=O) groups is 1. The summed E-state index contributed by atoms with van der Waals surface area (Å²) in [6.45, 7) is 0. The summed E-state index contributed by atoms with van der Waals surface area (Å²) in [6, 6.07) is 4.28. The van der Waals surface area contributed by atoms with E-state index in [0.29, 0.717) is 46.5 Å². The number of hydrogen-bond donors (Lipinski definition) is 2. The van der Waals surface area contributed by atoms with Crippen molar-refractivity contribution in [2.45, 2.75) is 37.5 Å². The molecule has 5 aromatic rings. The first kappa shape index (κ1) is 24.5. The Balaban J connectivity index is 1.43. The van der Waals surface area contributed by atoms with Gasteiger partial charge in [-0.3, -0.25) is 14.9 Å².